The van der Waals surface area contributed by atoms with E-state index in [2.05, 4.69) is 34.9 Å². The van der Waals surface area contributed by atoms with Crippen LogP contribution in [0.15, 0.2) is 47.1 Å². The average molecular weight is 327 g/mol. The first-order valence-corrected chi connectivity index (χ1v) is 8.40. The molecular formula is C19H19ClN2O. The van der Waals surface area contributed by atoms with Gasteiger partial charge in [0.05, 0.1) is 17.0 Å². The van der Waals surface area contributed by atoms with Gasteiger partial charge in [0, 0.05) is 11.9 Å². The molecule has 4 heteroatoms. The van der Waals surface area contributed by atoms with Crippen LogP contribution >= 0.6 is 11.6 Å². The van der Waals surface area contributed by atoms with Crippen LogP contribution in [-0.4, -0.2) is 13.1 Å². The molecule has 4 rings (SSSR count). The number of anilines is 1. The van der Waals surface area contributed by atoms with Gasteiger partial charge in [-0.05, 0) is 60.8 Å². The van der Waals surface area contributed by atoms with Crippen molar-refractivity contribution in [2.45, 2.75) is 19.4 Å². The van der Waals surface area contributed by atoms with Gasteiger partial charge in [-0.2, -0.15) is 0 Å². The van der Waals surface area contributed by atoms with Crippen LogP contribution in [-0.2, 0) is 19.4 Å². The molecule has 3 nitrogen and oxygen atoms in total. The molecule has 0 bridgehead atoms. The van der Waals surface area contributed by atoms with E-state index in [1.54, 1.807) is 6.26 Å². The van der Waals surface area contributed by atoms with E-state index in [0.717, 1.165) is 54.2 Å². The van der Waals surface area contributed by atoms with Crippen molar-refractivity contribution < 1.29 is 4.42 Å². The third-order valence-electron chi connectivity index (χ3n) is 4.47. The lowest BCUT2D eigenvalue weighted by Crippen LogP contribution is -2.16. The summed E-state index contributed by atoms with van der Waals surface area (Å²) in [6.07, 6.45) is 3.79. The smallest absolute Gasteiger partial charge is 0.134 e. The number of benzene rings is 2. The topological polar surface area (TPSA) is 37.2 Å². The molecule has 0 unspecified atom stereocenters. The molecule has 3 aromatic rings. The van der Waals surface area contributed by atoms with Crippen LogP contribution in [0.1, 0.15) is 16.7 Å². The summed E-state index contributed by atoms with van der Waals surface area (Å²) in [5.41, 5.74) is 5.93. The van der Waals surface area contributed by atoms with Gasteiger partial charge in [0.15, 0.2) is 0 Å². The molecule has 2 aromatic carbocycles. The standard InChI is InChI=1S/C19H19ClN2O/c20-17-4-3-14-5-8-21-9-6-16(14)19(17)22-12-13-1-2-15-7-10-23-18(15)11-13/h1-4,7,10-11,21-22H,5-6,8-9,12H2. The second kappa shape index (κ2) is 6.26. The SMILES string of the molecule is Clc1ccc2c(c1NCc1ccc3ccoc3c1)CCNCC2. The van der Waals surface area contributed by atoms with Gasteiger partial charge in [-0.1, -0.05) is 29.8 Å². The molecule has 23 heavy (non-hydrogen) atoms. The summed E-state index contributed by atoms with van der Waals surface area (Å²) >= 11 is 6.46. The van der Waals surface area contributed by atoms with Crippen molar-refractivity contribution in [3.8, 4) is 0 Å². The van der Waals surface area contributed by atoms with Crippen LogP contribution in [0.2, 0.25) is 5.02 Å². The minimum absolute atomic E-state index is 0.736. The van der Waals surface area contributed by atoms with Crippen molar-refractivity contribution in [3.05, 3.63) is 64.4 Å². The molecule has 0 fully saturated rings. The molecule has 118 valence electrons. The third kappa shape index (κ3) is 2.94. The maximum Gasteiger partial charge on any atom is 0.134 e. The summed E-state index contributed by atoms with van der Waals surface area (Å²) in [4.78, 5) is 0. The Kier molecular flexibility index (Phi) is 3.98. The zero-order chi connectivity index (χ0) is 15.6. The first-order chi connectivity index (χ1) is 11.3. The second-order valence-corrected chi connectivity index (χ2v) is 6.36. The van der Waals surface area contributed by atoms with E-state index < -0.39 is 0 Å². The van der Waals surface area contributed by atoms with E-state index in [0.29, 0.717) is 0 Å². The number of furan rings is 1. The molecule has 0 spiro atoms. The number of rotatable bonds is 3. The second-order valence-electron chi connectivity index (χ2n) is 5.96. The molecular weight excluding hydrogens is 308 g/mol. The highest BCUT2D eigenvalue weighted by atomic mass is 35.5. The van der Waals surface area contributed by atoms with Gasteiger partial charge < -0.3 is 15.1 Å². The van der Waals surface area contributed by atoms with Crippen molar-refractivity contribution in [2.75, 3.05) is 18.4 Å². The zero-order valence-corrected chi connectivity index (χ0v) is 13.6. The van der Waals surface area contributed by atoms with Crippen LogP contribution in [0.4, 0.5) is 5.69 Å². The Bertz CT molecular complexity index is 841. The fourth-order valence-corrected chi connectivity index (χ4v) is 3.48. The Morgan fingerprint density at radius 2 is 2.00 bits per heavy atom. The van der Waals surface area contributed by atoms with E-state index in [-0.39, 0.29) is 0 Å². The summed E-state index contributed by atoms with van der Waals surface area (Å²) in [5, 5.41) is 8.92. The zero-order valence-electron chi connectivity index (χ0n) is 12.9. The normalized spacial score (nSPS) is 14.5. The molecule has 0 saturated heterocycles. The molecule has 1 aliphatic rings. The Morgan fingerprint density at radius 3 is 2.96 bits per heavy atom. The third-order valence-corrected chi connectivity index (χ3v) is 4.79. The molecule has 0 amide bonds. The highest BCUT2D eigenvalue weighted by molar-refractivity contribution is 6.33. The molecule has 2 N–H and O–H groups in total. The summed E-state index contributed by atoms with van der Waals surface area (Å²) < 4.78 is 5.48. The number of hydrogen-bond donors (Lipinski definition) is 2. The van der Waals surface area contributed by atoms with Gasteiger partial charge in [-0.15, -0.1) is 0 Å². The van der Waals surface area contributed by atoms with Crippen LogP contribution < -0.4 is 10.6 Å². The van der Waals surface area contributed by atoms with Crippen LogP contribution in [0.5, 0.6) is 0 Å². The average Bonchev–Trinajstić information content (AvgIpc) is 2.90. The van der Waals surface area contributed by atoms with Gasteiger partial charge in [0.1, 0.15) is 5.58 Å². The first kappa shape index (κ1) is 14.6. The van der Waals surface area contributed by atoms with Gasteiger partial charge >= 0.3 is 0 Å². The Balaban J connectivity index is 1.60. The van der Waals surface area contributed by atoms with Gasteiger partial charge in [-0.3, -0.25) is 0 Å². The fraction of sp³-hybridized carbons (Fsp3) is 0.263. The van der Waals surface area contributed by atoms with Gasteiger partial charge in [-0.25, -0.2) is 0 Å². The highest BCUT2D eigenvalue weighted by Gasteiger charge is 2.14. The van der Waals surface area contributed by atoms with Crippen LogP contribution in [0, 0.1) is 0 Å². The first-order valence-electron chi connectivity index (χ1n) is 8.02. The Hall–Kier alpha value is -1.97. The Morgan fingerprint density at radius 1 is 1.09 bits per heavy atom. The molecule has 0 radical (unpaired) electrons. The summed E-state index contributed by atoms with van der Waals surface area (Å²) in [6, 6.07) is 12.4. The fourth-order valence-electron chi connectivity index (χ4n) is 3.23. The van der Waals surface area contributed by atoms with Crippen LogP contribution in [0.25, 0.3) is 11.0 Å². The van der Waals surface area contributed by atoms with Gasteiger partial charge in [0.2, 0.25) is 0 Å². The van der Waals surface area contributed by atoms with Crippen molar-refractivity contribution >= 4 is 28.3 Å². The molecule has 1 aromatic heterocycles. The summed E-state index contributed by atoms with van der Waals surface area (Å²) in [7, 11) is 0. The number of halogens is 1. The maximum atomic E-state index is 6.46. The monoisotopic (exact) mass is 326 g/mol. The minimum atomic E-state index is 0.736. The van der Waals surface area contributed by atoms with E-state index in [4.69, 9.17) is 16.0 Å². The number of nitrogens with one attached hydrogen (secondary N) is 2. The lowest BCUT2D eigenvalue weighted by Gasteiger charge is -2.16. The molecule has 2 heterocycles. The Labute approximate surface area is 140 Å². The highest BCUT2D eigenvalue weighted by Crippen LogP contribution is 2.31. The molecule has 0 saturated carbocycles. The predicted molar refractivity (Wildman–Crippen MR) is 95.3 cm³/mol. The van der Waals surface area contributed by atoms with Gasteiger partial charge in [0.25, 0.3) is 0 Å². The lowest BCUT2D eigenvalue weighted by molar-refractivity contribution is 0.615. The van der Waals surface area contributed by atoms with Crippen molar-refractivity contribution in [2.24, 2.45) is 0 Å². The van der Waals surface area contributed by atoms with E-state index in [1.165, 1.54) is 16.7 Å². The van der Waals surface area contributed by atoms with E-state index >= 15 is 0 Å². The lowest BCUT2D eigenvalue weighted by atomic mass is 10.0. The van der Waals surface area contributed by atoms with Crippen molar-refractivity contribution in [1.29, 1.82) is 0 Å². The van der Waals surface area contributed by atoms with Crippen molar-refractivity contribution in [1.82, 2.24) is 5.32 Å². The summed E-state index contributed by atoms with van der Waals surface area (Å²) in [5.74, 6) is 0. The quantitative estimate of drug-likeness (QED) is 0.749. The van der Waals surface area contributed by atoms with Crippen LogP contribution in [0.3, 0.4) is 0 Å². The predicted octanol–water partition coefficient (Wildman–Crippen LogP) is 4.39. The minimum Gasteiger partial charge on any atom is -0.464 e. The molecule has 0 aliphatic carbocycles. The number of fused-ring (bicyclic) bond motifs is 2. The molecule has 0 atom stereocenters. The van der Waals surface area contributed by atoms with E-state index in [1.807, 2.05) is 12.1 Å². The summed E-state index contributed by atoms with van der Waals surface area (Å²) in [6.45, 7) is 2.77. The maximum absolute atomic E-state index is 6.46. The van der Waals surface area contributed by atoms with E-state index in [9.17, 15) is 0 Å². The number of hydrogen-bond acceptors (Lipinski definition) is 3. The van der Waals surface area contributed by atoms with Crippen molar-refractivity contribution in [3.63, 3.8) is 0 Å². The largest absolute Gasteiger partial charge is 0.464 e. The molecule has 1 aliphatic heterocycles.